The zero-order valence-corrected chi connectivity index (χ0v) is 6.57. The molecule has 56 valence electrons. The second kappa shape index (κ2) is 3.42. The minimum Gasteiger partial charge on any atom is -0.394 e. The molecule has 0 aromatic heterocycles. The van der Waals surface area contributed by atoms with Gasteiger partial charge in [0.2, 0.25) is 0 Å². The van der Waals surface area contributed by atoms with Crippen molar-refractivity contribution >= 4 is 0 Å². The Labute approximate surface area is 62.0 Å². The summed E-state index contributed by atoms with van der Waals surface area (Å²) in [5, 5.41) is 6.26. The summed E-state index contributed by atoms with van der Waals surface area (Å²) in [6.45, 7) is 4.16. The highest BCUT2D eigenvalue weighted by molar-refractivity contribution is 5.32. The lowest BCUT2D eigenvalue weighted by Gasteiger charge is -2.00. The molecular weight excluding hydrogens is 124 g/mol. The van der Waals surface area contributed by atoms with Crippen molar-refractivity contribution in [1.82, 2.24) is 10.6 Å². The van der Waals surface area contributed by atoms with Crippen LogP contribution in [0.1, 0.15) is 6.92 Å². The van der Waals surface area contributed by atoms with Crippen LogP contribution in [-0.2, 0) is 0 Å². The van der Waals surface area contributed by atoms with Gasteiger partial charge in [0, 0.05) is 20.1 Å². The van der Waals surface area contributed by atoms with E-state index in [0.29, 0.717) is 0 Å². The second-order valence-electron chi connectivity index (χ2n) is 2.48. The van der Waals surface area contributed by atoms with Gasteiger partial charge in [0.1, 0.15) is 0 Å². The monoisotopic (exact) mass is 138 g/mol. The molecule has 0 aromatic rings. The summed E-state index contributed by atoms with van der Waals surface area (Å²) >= 11 is 0. The van der Waals surface area contributed by atoms with Crippen LogP contribution in [0.2, 0.25) is 0 Å². The van der Waals surface area contributed by atoms with Crippen LogP contribution in [0.3, 0.4) is 0 Å². The molecule has 0 aromatic carbocycles. The molecule has 2 heteroatoms. The average Bonchev–Trinajstić information content (AvgIpc) is 2.38. The van der Waals surface area contributed by atoms with E-state index in [2.05, 4.69) is 23.6 Å². The molecule has 10 heavy (non-hydrogen) atoms. The number of hydrogen-bond donors (Lipinski definition) is 2. The Kier molecular flexibility index (Phi) is 2.51. The van der Waals surface area contributed by atoms with Crippen LogP contribution in [0.15, 0.2) is 23.4 Å². The van der Waals surface area contributed by atoms with Crippen LogP contribution in [0.25, 0.3) is 0 Å². The van der Waals surface area contributed by atoms with Crippen molar-refractivity contribution in [3.8, 4) is 0 Å². The molecule has 0 spiro atoms. The maximum atomic E-state index is 3.25. The van der Waals surface area contributed by atoms with Gasteiger partial charge >= 0.3 is 0 Å². The lowest BCUT2D eigenvalue weighted by atomic mass is 10.1. The Morgan fingerprint density at radius 3 is 3.10 bits per heavy atom. The molecule has 1 heterocycles. The lowest BCUT2D eigenvalue weighted by molar-refractivity contribution is 0.875. The van der Waals surface area contributed by atoms with Crippen LogP contribution < -0.4 is 10.6 Å². The van der Waals surface area contributed by atoms with Crippen molar-refractivity contribution in [2.45, 2.75) is 6.92 Å². The molecule has 1 rings (SSSR count). The van der Waals surface area contributed by atoms with Gasteiger partial charge in [-0.3, -0.25) is 0 Å². The average molecular weight is 138 g/mol. The molecule has 0 fully saturated rings. The van der Waals surface area contributed by atoms with E-state index in [9.17, 15) is 0 Å². The van der Waals surface area contributed by atoms with E-state index < -0.39 is 0 Å². The Hall–Kier alpha value is -0.760. The fourth-order valence-electron chi connectivity index (χ4n) is 1.08. The second-order valence-corrected chi connectivity index (χ2v) is 2.48. The van der Waals surface area contributed by atoms with E-state index in [4.69, 9.17) is 0 Å². The zero-order valence-electron chi connectivity index (χ0n) is 6.57. The van der Waals surface area contributed by atoms with Crippen molar-refractivity contribution in [1.29, 1.82) is 0 Å². The maximum absolute atomic E-state index is 3.25. The van der Waals surface area contributed by atoms with Gasteiger partial charge in [-0.05, 0) is 24.3 Å². The molecule has 0 aliphatic carbocycles. The molecule has 2 nitrogen and oxygen atoms in total. The summed E-state index contributed by atoms with van der Waals surface area (Å²) in [6, 6.07) is 0. The highest BCUT2D eigenvalue weighted by Crippen LogP contribution is 2.09. The van der Waals surface area contributed by atoms with Crippen LogP contribution in [-0.4, -0.2) is 20.1 Å². The quantitative estimate of drug-likeness (QED) is 0.585. The van der Waals surface area contributed by atoms with Crippen LogP contribution in [0.4, 0.5) is 0 Å². The van der Waals surface area contributed by atoms with E-state index in [1.807, 2.05) is 13.2 Å². The molecule has 0 radical (unpaired) electrons. The summed E-state index contributed by atoms with van der Waals surface area (Å²) in [5.41, 5.74) is 2.74. The van der Waals surface area contributed by atoms with Gasteiger partial charge in [-0.25, -0.2) is 0 Å². The van der Waals surface area contributed by atoms with Crippen molar-refractivity contribution in [3.05, 3.63) is 23.4 Å². The normalized spacial score (nSPS) is 19.0. The molecule has 0 saturated heterocycles. The van der Waals surface area contributed by atoms with Crippen molar-refractivity contribution in [3.63, 3.8) is 0 Å². The molecule has 0 amide bonds. The fourth-order valence-corrected chi connectivity index (χ4v) is 1.08. The van der Waals surface area contributed by atoms with Gasteiger partial charge in [0.25, 0.3) is 0 Å². The van der Waals surface area contributed by atoms with E-state index in [1.165, 1.54) is 11.1 Å². The Morgan fingerprint density at radius 1 is 1.80 bits per heavy atom. The first-order valence-corrected chi connectivity index (χ1v) is 3.58. The molecular formula is C8H14N2. The summed E-state index contributed by atoms with van der Waals surface area (Å²) in [4.78, 5) is 0. The van der Waals surface area contributed by atoms with Crippen molar-refractivity contribution < 1.29 is 0 Å². The summed E-state index contributed by atoms with van der Waals surface area (Å²) in [5.74, 6) is 0. The van der Waals surface area contributed by atoms with E-state index in [1.54, 1.807) is 0 Å². The number of hydrogen-bond acceptors (Lipinski definition) is 2. The van der Waals surface area contributed by atoms with Gasteiger partial charge in [-0.2, -0.15) is 0 Å². The topological polar surface area (TPSA) is 24.1 Å². The lowest BCUT2D eigenvalue weighted by Crippen LogP contribution is -2.08. The molecule has 0 bridgehead atoms. The first-order valence-electron chi connectivity index (χ1n) is 3.58. The Balaban J connectivity index is 2.55. The van der Waals surface area contributed by atoms with Gasteiger partial charge in [-0.1, -0.05) is 6.08 Å². The standard InChI is InChI=1S/C8H14N2/c1-7(5-9-2)8-3-4-10-6-8/h3,5,9-10H,4,6H2,1-2H3/b7-5-. The molecule has 0 atom stereocenters. The number of nitrogens with one attached hydrogen (secondary N) is 2. The highest BCUT2D eigenvalue weighted by atomic mass is 14.9. The van der Waals surface area contributed by atoms with Gasteiger partial charge < -0.3 is 10.6 Å². The maximum Gasteiger partial charge on any atom is 0.0208 e. The third kappa shape index (κ3) is 1.61. The van der Waals surface area contributed by atoms with Gasteiger partial charge in [0.15, 0.2) is 0 Å². The van der Waals surface area contributed by atoms with Gasteiger partial charge in [0.05, 0.1) is 0 Å². The summed E-state index contributed by atoms with van der Waals surface area (Å²) < 4.78 is 0. The van der Waals surface area contributed by atoms with Crippen molar-refractivity contribution in [2.75, 3.05) is 20.1 Å². The molecule has 0 saturated carbocycles. The minimum atomic E-state index is 1.02. The molecule has 0 unspecified atom stereocenters. The van der Waals surface area contributed by atoms with Crippen LogP contribution >= 0.6 is 0 Å². The van der Waals surface area contributed by atoms with Crippen LogP contribution in [0, 0.1) is 0 Å². The fraction of sp³-hybridized carbons (Fsp3) is 0.500. The highest BCUT2D eigenvalue weighted by Gasteiger charge is 2.03. The third-order valence-electron chi connectivity index (χ3n) is 1.68. The van der Waals surface area contributed by atoms with Crippen LogP contribution in [0.5, 0.6) is 0 Å². The molecule has 1 aliphatic rings. The zero-order chi connectivity index (χ0) is 7.40. The summed E-state index contributed by atoms with van der Waals surface area (Å²) in [7, 11) is 1.92. The molecule has 2 N–H and O–H groups in total. The first kappa shape index (κ1) is 7.35. The van der Waals surface area contributed by atoms with E-state index in [0.717, 1.165) is 13.1 Å². The third-order valence-corrected chi connectivity index (χ3v) is 1.68. The molecule has 1 aliphatic heterocycles. The van der Waals surface area contributed by atoms with E-state index in [-0.39, 0.29) is 0 Å². The smallest absolute Gasteiger partial charge is 0.0208 e. The number of rotatable bonds is 2. The van der Waals surface area contributed by atoms with E-state index >= 15 is 0 Å². The summed E-state index contributed by atoms with van der Waals surface area (Å²) in [6.07, 6.45) is 4.25. The largest absolute Gasteiger partial charge is 0.394 e. The van der Waals surface area contributed by atoms with Crippen molar-refractivity contribution in [2.24, 2.45) is 0 Å². The predicted octanol–water partition coefficient (Wildman–Crippen LogP) is 0.639. The Bertz CT molecular complexity index is 168. The predicted molar refractivity (Wildman–Crippen MR) is 43.8 cm³/mol. The SMILES string of the molecule is CN/C=C(/C)C1=CCNC1. The minimum absolute atomic E-state index is 1.02. The first-order chi connectivity index (χ1) is 4.84. The van der Waals surface area contributed by atoms with Gasteiger partial charge in [-0.15, -0.1) is 0 Å². The Morgan fingerprint density at radius 2 is 2.60 bits per heavy atom.